The van der Waals surface area contributed by atoms with Crippen molar-refractivity contribution in [3.05, 3.63) is 23.1 Å². The van der Waals surface area contributed by atoms with E-state index in [0.717, 1.165) is 0 Å². The first-order chi connectivity index (χ1) is 12.0. The van der Waals surface area contributed by atoms with E-state index in [1.165, 1.54) is 11.1 Å². The minimum absolute atomic E-state index is 0.00294. The number of rotatable bonds is 11. The highest BCUT2D eigenvalue weighted by molar-refractivity contribution is 7.51. The van der Waals surface area contributed by atoms with Crippen molar-refractivity contribution in [2.75, 3.05) is 48.7 Å². The highest BCUT2D eigenvalue weighted by atomic mass is 31.2. The van der Waals surface area contributed by atoms with E-state index >= 15 is 0 Å². The molecule has 146 valence electrons. The Labute approximate surface area is 149 Å². The molecule has 1 aromatic rings. The monoisotopic (exact) mass is 390 g/mol. The second-order valence-corrected chi connectivity index (χ2v) is 7.21. The lowest BCUT2D eigenvalue weighted by atomic mass is 10.3. The standard InChI is InChI=1S/C13H23N6O6P/c1-2-19(11-10(14)12(22)17-13(15)16-11)6-5-18(4-3-9(20)21)7-8-26(23,24)25/h2H,1,3-8,14H2,(H,20,21)(H2,23,24,25)(H3,15,16,17,22). The first kappa shape index (κ1) is 21.6. The SMILES string of the molecule is C=CN(CCN(CCC(=O)O)CCP(=O)(O)O)c1nc(N)[nH]c(=O)c1N. The zero-order valence-electron chi connectivity index (χ0n) is 14.0. The number of nitrogen functional groups attached to an aromatic ring is 2. The Morgan fingerprint density at radius 1 is 1.27 bits per heavy atom. The Morgan fingerprint density at radius 2 is 1.92 bits per heavy atom. The van der Waals surface area contributed by atoms with Gasteiger partial charge in [0.05, 0.1) is 12.6 Å². The number of hydrogen-bond donors (Lipinski definition) is 6. The Kier molecular flexibility index (Phi) is 7.77. The lowest BCUT2D eigenvalue weighted by molar-refractivity contribution is -0.137. The number of carboxylic acid groups (broad SMARTS) is 1. The smallest absolute Gasteiger partial charge is 0.326 e. The molecule has 0 saturated heterocycles. The van der Waals surface area contributed by atoms with Crippen LogP contribution in [0.3, 0.4) is 0 Å². The van der Waals surface area contributed by atoms with Crippen LogP contribution in [0.1, 0.15) is 6.42 Å². The van der Waals surface area contributed by atoms with Crippen molar-refractivity contribution in [1.29, 1.82) is 0 Å². The van der Waals surface area contributed by atoms with E-state index in [9.17, 15) is 14.2 Å². The second-order valence-electron chi connectivity index (χ2n) is 5.44. The van der Waals surface area contributed by atoms with Crippen LogP contribution >= 0.6 is 7.60 Å². The van der Waals surface area contributed by atoms with E-state index in [1.807, 2.05) is 0 Å². The zero-order chi connectivity index (χ0) is 19.9. The molecular weight excluding hydrogens is 367 g/mol. The molecule has 0 spiro atoms. The number of aromatic amines is 1. The summed E-state index contributed by atoms with van der Waals surface area (Å²) in [5.41, 5.74) is 10.4. The van der Waals surface area contributed by atoms with Crippen LogP contribution in [-0.4, -0.2) is 68.1 Å². The van der Waals surface area contributed by atoms with Crippen LogP contribution in [0.15, 0.2) is 17.6 Å². The number of aliphatic carboxylic acids is 1. The summed E-state index contributed by atoms with van der Waals surface area (Å²) in [6.07, 6.45) is 0.780. The van der Waals surface area contributed by atoms with Crippen LogP contribution < -0.4 is 21.9 Å². The van der Waals surface area contributed by atoms with Gasteiger partial charge in [0.2, 0.25) is 5.95 Å². The van der Waals surface area contributed by atoms with E-state index in [4.69, 9.17) is 26.4 Å². The van der Waals surface area contributed by atoms with Crippen LogP contribution in [0.5, 0.6) is 0 Å². The third kappa shape index (κ3) is 7.23. The quantitative estimate of drug-likeness (QED) is 0.249. The molecule has 0 aliphatic heterocycles. The number of H-pyrrole nitrogens is 1. The molecular formula is C13H23N6O6P. The van der Waals surface area contributed by atoms with Gasteiger partial charge in [-0.2, -0.15) is 4.98 Å². The van der Waals surface area contributed by atoms with Crippen LogP contribution in [0, 0.1) is 0 Å². The molecule has 8 N–H and O–H groups in total. The number of carboxylic acids is 1. The average Bonchev–Trinajstić information content (AvgIpc) is 2.52. The third-order valence-corrected chi connectivity index (χ3v) is 4.24. The normalized spacial score (nSPS) is 11.5. The van der Waals surface area contributed by atoms with Crippen molar-refractivity contribution in [3.8, 4) is 0 Å². The summed E-state index contributed by atoms with van der Waals surface area (Å²) in [4.78, 5) is 49.7. The van der Waals surface area contributed by atoms with E-state index < -0.39 is 25.3 Å². The first-order valence-corrected chi connectivity index (χ1v) is 9.36. The van der Waals surface area contributed by atoms with E-state index in [2.05, 4.69) is 16.5 Å². The molecule has 0 saturated carbocycles. The number of anilines is 3. The molecule has 0 unspecified atom stereocenters. The van der Waals surface area contributed by atoms with Crippen LogP contribution in [0.4, 0.5) is 17.5 Å². The number of nitrogens with two attached hydrogens (primary N) is 2. The van der Waals surface area contributed by atoms with E-state index in [1.54, 1.807) is 4.90 Å². The van der Waals surface area contributed by atoms with Crippen LogP contribution in [0.2, 0.25) is 0 Å². The molecule has 1 rings (SSSR count). The Bertz CT molecular complexity index is 747. The maximum absolute atomic E-state index is 11.7. The topological polar surface area (TPSA) is 199 Å². The summed E-state index contributed by atoms with van der Waals surface area (Å²) in [6.45, 7) is 4.14. The summed E-state index contributed by atoms with van der Waals surface area (Å²) >= 11 is 0. The largest absolute Gasteiger partial charge is 0.481 e. The van der Waals surface area contributed by atoms with Gasteiger partial charge in [-0.05, 0) is 6.20 Å². The molecule has 1 aromatic heterocycles. The molecule has 0 aliphatic carbocycles. The van der Waals surface area contributed by atoms with Crippen LogP contribution in [-0.2, 0) is 9.36 Å². The summed E-state index contributed by atoms with van der Waals surface area (Å²) in [5.74, 6) is -1.07. The van der Waals surface area contributed by atoms with Gasteiger partial charge in [-0.15, -0.1) is 0 Å². The highest BCUT2D eigenvalue weighted by Gasteiger charge is 2.18. The number of carbonyl (C=O) groups is 1. The van der Waals surface area contributed by atoms with E-state index in [0.29, 0.717) is 0 Å². The van der Waals surface area contributed by atoms with Gasteiger partial charge in [-0.3, -0.25) is 19.1 Å². The molecule has 0 fully saturated rings. The number of nitrogens with zero attached hydrogens (tertiary/aromatic N) is 3. The van der Waals surface area contributed by atoms with Gasteiger partial charge in [0.1, 0.15) is 5.69 Å². The Balaban J connectivity index is 2.86. The minimum Gasteiger partial charge on any atom is -0.481 e. The minimum atomic E-state index is -4.22. The zero-order valence-corrected chi connectivity index (χ0v) is 14.9. The molecule has 12 nitrogen and oxygen atoms in total. The van der Waals surface area contributed by atoms with Gasteiger partial charge >= 0.3 is 13.6 Å². The molecule has 1 heterocycles. The van der Waals surface area contributed by atoms with Crippen molar-refractivity contribution in [3.63, 3.8) is 0 Å². The van der Waals surface area contributed by atoms with Gasteiger partial charge in [0, 0.05) is 26.2 Å². The molecule has 0 atom stereocenters. The first-order valence-electron chi connectivity index (χ1n) is 7.56. The van der Waals surface area contributed by atoms with Gasteiger partial charge in [-0.25, -0.2) is 0 Å². The lowest BCUT2D eigenvalue weighted by Crippen LogP contribution is -2.37. The molecule has 0 bridgehead atoms. The third-order valence-electron chi connectivity index (χ3n) is 3.45. The van der Waals surface area contributed by atoms with Gasteiger partial charge in [-0.1, -0.05) is 6.58 Å². The lowest BCUT2D eigenvalue weighted by Gasteiger charge is -2.26. The predicted octanol–water partition coefficient (Wildman–Crippen LogP) is -1.16. The number of aromatic nitrogens is 2. The van der Waals surface area contributed by atoms with Crippen molar-refractivity contribution in [1.82, 2.24) is 14.9 Å². The van der Waals surface area contributed by atoms with Crippen molar-refractivity contribution in [2.45, 2.75) is 6.42 Å². The highest BCUT2D eigenvalue weighted by Crippen LogP contribution is 2.33. The number of hydrogen-bond acceptors (Lipinski definition) is 8. The van der Waals surface area contributed by atoms with Gasteiger partial charge in [0.25, 0.3) is 5.56 Å². The average molecular weight is 390 g/mol. The predicted molar refractivity (Wildman–Crippen MR) is 96.8 cm³/mol. The maximum atomic E-state index is 11.7. The number of nitrogens with one attached hydrogen (secondary N) is 1. The Hall–Kier alpha value is -2.40. The van der Waals surface area contributed by atoms with Gasteiger partial charge < -0.3 is 36.2 Å². The van der Waals surface area contributed by atoms with Crippen LogP contribution in [0.25, 0.3) is 0 Å². The molecule has 0 radical (unpaired) electrons. The fraction of sp³-hybridized carbons (Fsp3) is 0.462. The van der Waals surface area contributed by atoms with Crippen molar-refractivity contribution >= 4 is 31.0 Å². The molecule has 13 heteroatoms. The Morgan fingerprint density at radius 3 is 2.46 bits per heavy atom. The summed E-state index contributed by atoms with van der Waals surface area (Å²) < 4.78 is 11.1. The summed E-state index contributed by atoms with van der Waals surface area (Å²) in [6, 6.07) is 0. The fourth-order valence-corrected chi connectivity index (χ4v) is 2.64. The van der Waals surface area contributed by atoms with Crippen molar-refractivity contribution < 1.29 is 24.3 Å². The molecule has 0 aromatic carbocycles. The molecule has 0 aliphatic rings. The fourth-order valence-electron chi connectivity index (χ4n) is 2.10. The second kappa shape index (κ2) is 9.34. The molecule has 0 amide bonds. The maximum Gasteiger partial charge on any atom is 0.326 e. The molecule has 26 heavy (non-hydrogen) atoms. The van der Waals surface area contributed by atoms with Crippen molar-refractivity contribution in [2.24, 2.45) is 0 Å². The summed E-state index contributed by atoms with van der Waals surface area (Å²) in [5, 5.41) is 8.80. The summed E-state index contributed by atoms with van der Waals surface area (Å²) in [7, 11) is -4.22. The van der Waals surface area contributed by atoms with Gasteiger partial charge in [0.15, 0.2) is 5.82 Å². The van der Waals surface area contributed by atoms with E-state index in [-0.39, 0.29) is 50.1 Å².